The number of carbonyl (C=O) groups excluding carboxylic acids is 1. The Morgan fingerprint density at radius 3 is 3.12 bits per heavy atom. The monoisotopic (exact) mass is 270 g/mol. The van der Waals surface area contributed by atoms with E-state index in [0.717, 1.165) is 10.2 Å². The molecule has 1 aromatic carbocycles. The minimum absolute atomic E-state index is 0.129. The van der Waals surface area contributed by atoms with Gasteiger partial charge < -0.3 is 10.5 Å². The smallest absolute Gasteiger partial charge is 0.307 e. The lowest BCUT2D eigenvalue weighted by molar-refractivity contribution is -0.141. The highest BCUT2D eigenvalue weighted by molar-refractivity contribution is 7.18. The van der Waals surface area contributed by atoms with Gasteiger partial charge >= 0.3 is 5.97 Å². The van der Waals surface area contributed by atoms with Gasteiger partial charge in [-0.05, 0) is 18.2 Å². The Balaban J connectivity index is 2.27. The first-order chi connectivity index (χ1) is 8.10. The number of nitrogens with zero attached hydrogens (tertiary/aromatic N) is 1. The quantitative estimate of drug-likeness (QED) is 0.871. The largest absolute Gasteiger partial charge is 0.469 e. The number of benzene rings is 1. The van der Waals surface area contributed by atoms with Gasteiger partial charge in [-0.2, -0.15) is 0 Å². The number of nitrogens with two attached hydrogens (primary N) is 1. The zero-order chi connectivity index (χ0) is 12.4. The Morgan fingerprint density at radius 2 is 2.41 bits per heavy atom. The molecular formula is C11H11ClN2O2S. The number of thiazole rings is 1. The molecule has 1 aromatic heterocycles. The molecule has 0 saturated heterocycles. The number of fused-ring (bicyclic) bond motifs is 1. The minimum atomic E-state index is -0.432. The lowest BCUT2D eigenvalue weighted by atomic mass is 10.2. The average molecular weight is 271 g/mol. The molecule has 0 radical (unpaired) electrons. The second kappa shape index (κ2) is 5.00. The highest BCUT2D eigenvalue weighted by Gasteiger charge is 2.16. The zero-order valence-electron chi connectivity index (χ0n) is 9.14. The highest BCUT2D eigenvalue weighted by atomic mass is 35.5. The van der Waals surface area contributed by atoms with E-state index >= 15 is 0 Å². The molecule has 0 saturated carbocycles. The summed E-state index contributed by atoms with van der Waals surface area (Å²) < 4.78 is 5.58. The fraction of sp³-hybridized carbons (Fsp3) is 0.273. The predicted molar refractivity (Wildman–Crippen MR) is 68.2 cm³/mol. The molecule has 90 valence electrons. The molecule has 0 aliphatic carbocycles. The third-order valence-corrected chi connectivity index (χ3v) is 3.70. The van der Waals surface area contributed by atoms with Gasteiger partial charge in [-0.3, -0.25) is 4.79 Å². The number of aromatic nitrogens is 1. The topological polar surface area (TPSA) is 65.2 Å². The Kier molecular flexibility index (Phi) is 3.61. The Morgan fingerprint density at radius 1 is 1.65 bits per heavy atom. The van der Waals surface area contributed by atoms with Crippen LogP contribution in [0.3, 0.4) is 0 Å². The molecule has 0 fully saturated rings. The van der Waals surface area contributed by atoms with Gasteiger partial charge in [0.25, 0.3) is 0 Å². The SMILES string of the molecule is COC(=O)CC(N)c1nc2cc(Cl)ccc2s1. The van der Waals surface area contributed by atoms with Gasteiger partial charge in [-0.1, -0.05) is 11.6 Å². The van der Waals surface area contributed by atoms with E-state index < -0.39 is 6.04 Å². The molecule has 0 aliphatic heterocycles. The fourth-order valence-corrected chi connectivity index (χ4v) is 2.54. The standard InChI is InChI=1S/C11H11ClN2O2S/c1-16-10(15)5-7(13)11-14-8-4-6(12)2-3-9(8)17-11/h2-4,7H,5,13H2,1H3. The third kappa shape index (κ3) is 2.74. The lowest BCUT2D eigenvalue weighted by Gasteiger charge is -2.05. The maximum atomic E-state index is 11.1. The van der Waals surface area contributed by atoms with Crippen molar-refractivity contribution in [2.24, 2.45) is 5.73 Å². The van der Waals surface area contributed by atoms with Crippen LogP contribution in [0.5, 0.6) is 0 Å². The first kappa shape index (κ1) is 12.3. The predicted octanol–water partition coefficient (Wildman–Crippen LogP) is 2.51. The van der Waals surface area contributed by atoms with Crippen LogP contribution in [-0.4, -0.2) is 18.1 Å². The second-order valence-electron chi connectivity index (χ2n) is 3.55. The highest BCUT2D eigenvalue weighted by Crippen LogP contribution is 2.28. The molecule has 2 aromatic rings. The van der Waals surface area contributed by atoms with Gasteiger partial charge in [0.15, 0.2) is 0 Å². The van der Waals surface area contributed by atoms with Crippen molar-refractivity contribution in [3.63, 3.8) is 0 Å². The number of hydrogen-bond acceptors (Lipinski definition) is 5. The Bertz CT molecular complexity index is 555. The van der Waals surface area contributed by atoms with Crippen LogP contribution in [0.15, 0.2) is 18.2 Å². The Labute approximate surface area is 107 Å². The van der Waals surface area contributed by atoms with E-state index in [0.29, 0.717) is 10.0 Å². The summed E-state index contributed by atoms with van der Waals surface area (Å²) in [5.41, 5.74) is 6.69. The average Bonchev–Trinajstić information content (AvgIpc) is 2.71. The summed E-state index contributed by atoms with van der Waals surface area (Å²) in [6, 6.07) is 5.04. The lowest BCUT2D eigenvalue weighted by Crippen LogP contribution is -2.15. The van der Waals surface area contributed by atoms with Crippen LogP contribution in [0.2, 0.25) is 5.02 Å². The number of halogens is 1. The van der Waals surface area contributed by atoms with Crippen LogP contribution in [0, 0.1) is 0 Å². The van der Waals surface area contributed by atoms with Crippen molar-refractivity contribution >= 4 is 39.1 Å². The van der Waals surface area contributed by atoms with Crippen LogP contribution in [0.4, 0.5) is 0 Å². The van der Waals surface area contributed by atoms with Crippen molar-refractivity contribution < 1.29 is 9.53 Å². The number of carbonyl (C=O) groups is 1. The van der Waals surface area contributed by atoms with E-state index in [1.165, 1.54) is 18.4 Å². The van der Waals surface area contributed by atoms with Crippen LogP contribution in [0.25, 0.3) is 10.2 Å². The zero-order valence-corrected chi connectivity index (χ0v) is 10.7. The summed E-state index contributed by atoms with van der Waals surface area (Å²) in [4.78, 5) is 15.5. The minimum Gasteiger partial charge on any atom is -0.469 e. The fourth-order valence-electron chi connectivity index (χ4n) is 1.43. The van der Waals surface area contributed by atoms with Gasteiger partial charge in [0, 0.05) is 5.02 Å². The van der Waals surface area contributed by atoms with Gasteiger partial charge in [0.2, 0.25) is 0 Å². The maximum Gasteiger partial charge on any atom is 0.307 e. The van der Waals surface area contributed by atoms with Crippen molar-refractivity contribution in [1.82, 2.24) is 4.98 Å². The molecule has 0 spiro atoms. The van der Waals surface area contributed by atoms with Crippen LogP contribution in [0.1, 0.15) is 17.5 Å². The van der Waals surface area contributed by atoms with E-state index in [9.17, 15) is 4.79 Å². The van der Waals surface area contributed by atoms with Crippen molar-refractivity contribution in [1.29, 1.82) is 0 Å². The maximum absolute atomic E-state index is 11.1. The van der Waals surface area contributed by atoms with Crippen LogP contribution in [-0.2, 0) is 9.53 Å². The van der Waals surface area contributed by atoms with Crippen molar-refractivity contribution in [3.05, 3.63) is 28.2 Å². The third-order valence-electron chi connectivity index (χ3n) is 2.30. The molecule has 2 N–H and O–H groups in total. The number of ether oxygens (including phenoxy) is 1. The first-order valence-corrected chi connectivity index (χ1v) is 6.18. The molecule has 1 unspecified atom stereocenters. The number of hydrogen-bond donors (Lipinski definition) is 1. The van der Waals surface area contributed by atoms with Crippen molar-refractivity contribution in [2.45, 2.75) is 12.5 Å². The van der Waals surface area contributed by atoms with Crippen LogP contribution >= 0.6 is 22.9 Å². The van der Waals surface area contributed by atoms with E-state index in [1.54, 1.807) is 12.1 Å². The van der Waals surface area contributed by atoms with Gasteiger partial charge in [-0.25, -0.2) is 4.98 Å². The molecule has 1 atom stereocenters. The number of esters is 1. The Hall–Kier alpha value is -1.17. The summed E-state index contributed by atoms with van der Waals surface area (Å²) in [5, 5.41) is 1.35. The van der Waals surface area contributed by atoms with E-state index in [4.69, 9.17) is 17.3 Å². The van der Waals surface area contributed by atoms with E-state index in [-0.39, 0.29) is 12.4 Å². The van der Waals surface area contributed by atoms with Crippen LogP contribution < -0.4 is 5.73 Å². The molecule has 2 rings (SSSR count). The van der Waals surface area contributed by atoms with Gasteiger partial charge in [0.1, 0.15) is 5.01 Å². The van der Waals surface area contributed by atoms with Gasteiger partial charge in [0.05, 0.1) is 29.8 Å². The number of rotatable bonds is 3. The summed E-state index contributed by atoms with van der Waals surface area (Å²) in [6.45, 7) is 0. The van der Waals surface area contributed by atoms with Gasteiger partial charge in [-0.15, -0.1) is 11.3 Å². The molecule has 0 bridgehead atoms. The number of methoxy groups -OCH3 is 1. The second-order valence-corrected chi connectivity index (χ2v) is 5.05. The molecule has 17 heavy (non-hydrogen) atoms. The molecule has 0 amide bonds. The van der Waals surface area contributed by atoms with Crippen molar-refractivity contribution in [3.8, 4) is 0 Å². The first-order valence-electron chi connectivity index (χ1n) is 4.98. The van der Waals surface area contributed by atoms with E-state index in [2.05, 4.69) is 9.72 Å². The molecule has 1 heterocycles. The molecular weight excluding hydrogens is 260 g/mol. The summed E-state index contributed by atoms with van der Waals surface area (Å²) >= 11 is 7.34. The summed E-state index contributed by atoms with van der Waals surface area (Å²) in [5.74, 6) is -0.338. The normalized spacial score (nSPS) is 12.6. The molecule has 6 heteroatoms. The summed E-state index contributed by atoms with van der Waals surface area (Å²) in [7, 11) is 1.34. The van der Waals surface area contributed by atoms with E-state index in [1.807, 2.05) is 6.07 Å². The molecule has 0 aliphatic rings. The van der Waals surface area contributed by atoms with Crippen molar-refractivity contribution in [2.75, 3.05) is 7.11 Å². The summed E-state index contributed by atoms with van der Waals surface area (Å²) in [6.07, 6.45) is 0.129. The molecule has 4 nitrogen and oxygen atoms in total.